The number of thiazole rings is 1. The quantitative estimate of drug-likeness (QED) is 0.814. The Morgan fingerprint density at radius 1 is 1.44 bits per heavy atom. The minimum atomic E-state index is 0.550. The normalized spacial score (nSPS) is 13.3. The maximum atomic E-state index is 4.51. The number of nitrogens with zero attached hydrogens (tertiary/aromatic N) is 1. The van der Waals surface area contributed by atoms with E-state index in [4.69, 9.17) is 0 Å². The van der Waals surface area contributed by atoms with E-state index in [-0.39, 0.29) is 0 Å². The van der Waals surface area contributed by atoms with Crippen LogP contribution in [0.25, 0.3) is 0 Å². The third-order valence-corrected chi connectivity index (χ3v) is 4.80. The molecule has 1 aromatic heterocycles. The monoisotopic (exact) mass is 258 g/mol. The molecular formula is C12H22N2S2. The smallest absolute Gasteiger partial charge is 0.0943 e. The Kier molecular flexibility index (Phi) is 6.39. The highest BCUT2D eigenvalue weighted by molar-refractivity contribution is 7.99. The van der Waals surface area contributed by atoms with Gasteiger partial charge in [0.15, 0.2) is 0 Å². The maximum absolute atomic E-state index is 4.51. The minimum absolute atomic E-state index is 0.550. The van der Waals surface area contributed by atoms with Gasteiger partial charge in [-0.15, -0.1) is 11.3 Å². The van der Waals surface area contributed by atoms with E-state index in [0.29, 0.717) is 6.04 Å². The lowest BCUT2D eigenvalue weighted by molar-refractivity contribution is 0.613. The Morgan fingerprint density at radius 3 is 2.69 bits per heavy atom. The number of rotatable bonds is 7. The molecule has 0 bridgehead atoms. The summed E-state index contributed by atoms with van der Waals surface area (Å²) in [6.07, 6.45) is 1.06. The maximum Gasteiger partial charge on any atom is 0.0943 e. The van der Waals surface area contributed by atoms with Gasteiger partial charge in [-0.05, 0) is 25.6 Å². The lowest BCUT2D eigenvalue weighted by atomic mass is 10.2. The lowest BCUT2D eigenvalue weighted by Gasteiger charge is -2.15. The number of nitrogens with one attached hydrogen (secondary N) is 1. The molecule has 2 nitrogen and oxygen atoms in total. The molecule has 16 heavy (non-hydrogen) atoms. The number of hydrogen-bond donors (Lipinski definition) is 1. The highest BCUT2D eigenvalue weighted by atomic mass is 32.2. The molecule has 1 rings (SSSR count). The third-order valence-electron chi connectivity index (χ3n) is 2.27. The van der Waals surface area contributed by atoms with E-state index in [2.05, 4.69) is 36.5 Å². The summed E-state index contributed by atoms with van der Waals surface area (Å²) in [6, 6.07) is 0.550. The molecule has 0 aliphatic carbocycles. The molecule has 92 valence electrons. The van der Waals surface area contributed by atoms with Gasteiger partial charge in [0, 0.05) is 29.3 Å². The molecule has 0 aromatic carbocycles. The van der Waals surface area contributed by atoms with Crippen molar-refractivity contribution in [3.8, 4) is 0 Å². The van der Waals surface area contributed by atoms with Crippen LogP contribution in [0.2, 0.25) is 0 Å². The van der Waals surface area contributed by atoms with E-state index in [1.54, 1.807) is 11.3 Å². The summed E-state index contributed by atoms with van der Waals surface area (Å²) in [5, 5.41) is 6.76. The molecule has 0 amide bonds. The fourth-order valence-electron chi connectivity index (χ4n) is 1.40. The van der Waals surface area contributed by atoms with Gasteiger partial charge < -0.3 is 5.32 Å². The van der Waals surface area contributed by atoms with Gasteiger partial charge in [0.2, 0.25) is 0 Å². The second kappa shape index (κ2) is 7.30. The summed E-state index contributed by atoms with van der Waals surface area (Å²) in [5.74, 6) is 3.20. The molecule has 0 aliphatic rings. The van der Waals surface area contributed by atoms with Crippen LogP contribution < -0.4 is 5.32 Å². The first-order chi connectivity index (χ1) is 7.61. The molecule has 1 atom stereocenters. The predicted octanol–water partition coefficient (Wildman–Crippen LogP) is 2.97. The molecule has 1 N–H and O–H groups in total. The van der Waals surface area contributed by atoms with Gasteiger partial charge in [0.25, 0.3) is 0 Å². The van der Waals surface area contributed by atoms with Crippen molar-refractivity contribution in [1.29, 1.82) is 0 Å². The van der Waals surface area contributed by atoms with Crippen molar-refractivity contribution in [2.75, 3.05) is 18.6 Å². The summed E-state index contributed by atoms with van der Waals surface area (Å²) >= 11 is 3.81. The van der Waals surface area contributed by atoms with E-state index in [0.717, 1.165) is 18.0 Å². The molecule has 1 aromatic rings. The van der Waals surface area contributed by atoms with Gasteiger partial charge in [0.05, 0.1) is 5.01 Å². The van der Waals surface area contributed by atoms with Crippen molar-refractivity contribution >= 4 is 23.1 Å². The van der Waals surface area contributed by atoms with Crippen LogP contribution in [0.5, 0.6) is 0 Å². The van der Waals surface area contributed by atoms with Gasteiger partial charge in [-0.2, -0.15) is 11.8 Å². The van der Waals surface area contributed by atoms with Crippen LogP contribution in [0, 0.1) is 12.8 Å². The second-order valence-corrected chi connectivity index (χ2v) is 6.52. The van der Waals surface area contributed by atoms with E-state index in [1.807, 2.05) is 18.8 Å². The fourth-order valence-corrected chi connectivity index (χ4v) is 3.43. The first-order valence-electron chi connectivity index (χ1n) is 5.77. The molecule has 0 saturated carbocycles. The van der Waals surface area contributed by atoms with Crippen molar-refractivity contribution in [2.45, 2.75) is 33.2 Å². The lowest BCUT2D eigenvalue weighted by Crippen LogP contribution is -2.30. The van der Waals surface area contributed by atoms with Crippen LogP contribution in [0.3, 0.4) is 0 Å². The molecule has 0 aliphatic heterocycles. The Hall–Kier alpha value is -0.0600. The van der Waals surface area contributed by atoms with E-state index < -0.39 is 0 Å². The van der Waals surface area contributed by atoms with Crippen LogP contribution in [-0.2, 0) is 6.42 Å². The minimum Gasteiger partial charge on any atom is -0.316 e. The summed E-state index contributed by atoms with van der Waals surface area (Å²) in [7, 11) is 2.04. The van der Waals surface area contributed by atoms with Crippen molar-refractivity contribution in [3.05, 3.63) is 16.1 Å². The summed E-state index contributed by atoms with van der Waals surface area (Å²) in [5.41, 5.74) is 1.14. The SMILES string of the molecule is CNC(CSCC(C)C)Cc1nc(C)cs1. The molecule has 0 saturated heterocycles. The van der Waals surface area contributed by atoms with E-state index in [1.165, 1.54) is 16.5 Å². The Balaban J connectivity index is 2.31. The number of hydrogen-bond acceptors (Lipinski definition) is 4. The highest BCUT2D eigenvalue weighted by Crippen LogP contribution is 2.14. The van der Waals surface area contributed by atoms with Crippen molar-refractivity contribution in [3.63, 3.8) is 0 Å². The van der Waals surface area contributed by atoms with Crippen LogP contribution in [0.1, 0.15) is 24.5 Å². The zero-order valence-corrected chi connectivity index (χ0v) is 12.3. The zero-order chi connectivity index (χ0) is 12.0. The molecule has 0 radical (unpaired) electrons. The number of aromatic nitrogens is 1. The van der Waals surface area contributed by atoms with Gasteiger partial charge in [-0.3, -0.25) is 0 Å². The topological polar surface area (TPSA) is 24.9 Å². The standard InChI is InChI=1S/C12H22N2S2/c1-9(2)6-15-8-11(13-4)5-12-14-10(3)7-16-12/h7,9,11,13H,5-6,8H2,1-4H3. The first kappa shape index (κ1) is 14.0. The first-order valence-corrected chi connectivity index (χ1v) is 7.81. The Labute approximate surface area is 107 Å². The molecule has 4 heteroatoms. The van der Waals surface area contributed by atoms with E-state index >= 15 is 0 Å². The second-order valence-electron chi connectivity index (χ2n) is 4.50. The highest BCUT2D eigenvalue weighted by Gasteiger charge is 2.10. The van der Waals surface area contributed by atoms with Crippen LogP contribution >= 0.6 is 23.1 Å². The molecule has 1 heterocycles. The number of aryl methyl sites for hydroxylation is 1. The molecule has 1 unspecified atom stereocenters. The predicted molar refractivity (Wildman–Crippen MR) is 75.6 cm³/mol. The van der Waals surface area contributed by atoms with Gasteiger partial charge in [-0.1, -0.05) is 13.8 Å². The van der Waals surface area contributed by atoms with Crippen molar-refractivity contribution in [1.82, 2.24) is 10.3 Å². The zero-order valence-electron chi connectivity index (χ0n) is 10.6. The third kappa shape index (κ3) is 5.32. The summed E-state index contributed by atoms with van der Waals surface area (Å²) < 4.78 is 0. The van der Waals surface area contributed by atoms with Crippen molar-refractivity contribution in [2.24, 2.45) is 5.92 Å². The van der Waals surface area contributed by atoms with Crippen LogP contribution in [0.15, 0.2) is 5.38 Å². The fraction of sp³-hybridized carbons (Fsp3) is 0.750. The number of thioether (sulfide) groups is 1. The molecule has 0 fully saturated rings. The van der Waals surface area contributed by atoms with E-state index in [9.17, 15) is 0 Å². The average Bonchev–Trinajstić information content (AvgIpc) is 2.62. The van der Waals surface area contributed by atoms with Crippen LogP contribution in [-0.4, -0.2) is 29.6 Å². The summed E-state index contributed by atoms with van der Waals surface area (Å²) in [4.78, 5) is 4.51. The summed E-state index contributed by atoms with van der Waals surface area (Å²) in [6.45, 7) is 6.60. The number of likely N-dealkylation sites (N-methyl/N-ethyl adjacent to an activating group) is 1. The Bertz CT molecular complexity index is 297. The molecular weight excluding hydrogens is 236 g/mol. The largest absolute Gasteiger partial charge is 0.316 e. The van der Waals surface area contributed by atoms with Gasteiger partial charge >= 0.3 is 0 Å². The Morgan fingerprint density at radius 2 is 2.19 bits per heavy atom. The van der Waals surface area contributed by atoms with Crippen molar-refractivity contribution < 1.29 is 0 Å². The van der Waals surface area contributed by atoms with Gasteiger partial charge in [0.1, 0.15) is 0 Å². The van der Waals surface area contributed by atoms with Gasteiger partial charge in [-0.25, -0.2) is 4.98 Å². The van der Waals surface area contributed by atoms with Crippen LogP contribution in [0.4, 0.5) is 0 Å². The molecule has 0 spiro atoms. The average molecular weight is 258 g/mol.